The molecule has 6 heteroatoms. The molecule has 1 aliphatic heterocycles. The van der Waals surface area contributed by atoms with Crippen molar-refractivity contribution in [2.24, 2.45) is 0 Å². The van der Waals surface area contributed by atoms with E-state index in [0.717, 1.165) is 10.9 Å². The number of hydrogen-bond acceptors (Lipinski definition) is 4. The van der Waals surface area contributed by atoms with Crippen molar-refractivity contribution in [3.05, 3.63) is 30.5 Å². The number of amides is 1. The Bertz CT molecular complexity index is 640. The Labute approximate surface area is 122 Å². The normalized spacial score (nSPS) is 22.7. The molecule has 1 aromatic carbocycles. The minimum Gasteiger partial charge on any atom is -0.394 e. The van der Waals surface area contributed by atoms with Gasteiger partial charge >= 0.3 is 0 Å². The number of aliphatic hydroxyl groups is 1. The molecular formula is C15H19N3O3. The van der Waals surface area contributed by atoms with Crippen LogP contribution in [0.5, 0.6) is 0 Å². The summed E-state index contributed by atoms with van der Waals surface area (Å²) in [6.07, 6.45) is 1.47. The molecular weight excluding hydrogens is 270 g/mol. The highest BCUT2D eigenvalue weighted by molar-refractivity contribution is 5.82. The molecule has 2 heterocycles. The van der Waals surface area contributed by atoms with Crippen LogP contribution in [0.2, 0.25) is 0 Å². The fraction of sp³-hybridized carbons (Fsp3) is 0.467. The zero-order chi connectivity index (χ0) is 14.8. The number of benzene rings is 1. The quantitative estimate of drug-likeness (QED) is 0.900. The second-order valence-corrected chi connectivity index (χ2v) is 5.39. The van der Waals surface area contributed by atoms with Crippen molar-refractivity contribution >= 4 is 16.8 Å². The van der Waals surface area contributed by atoms with Gasteiger partial charge in [-0.15, -0.1) is 0 Å². The van der Waals surface area contributed by atoms with E-state index in [0.29, 0.717) is 13.2 Å². The molecule has 2 atom stereocenters. The van der Waals surface area contributed by atoms with E-state index in [1.54, 1.807) is 15.8 Å². The maximum absolute atomic E-state index is 12.5. The molecule has 1 aliphatic rings. The molecule has 1 aromatic heterocycles. The van der Waals surface area contributed by atoms with Gasteiger partial charge in [0, 0.05) is 11.9 Å². The van der Waals surface area contributed by atoms with Crippen molar-refractivity contribution in [3.8, 4) is 0 Å². The average molecular weight is 289 g/mol. The molecule has 112 valence electrons. The monoisotopic (exact) mass is 289 g/mol. The molecule has 0 saturated carbocycles. The number of carbonyl (C=O) groups excluding carboxylic acids is 1. The number of fused-ring (bicyclic) bond motifs is 1. The van der Waals surface area contributed by atoms with Crippen LogP contribution in [0.3, 0.4) is 0 Å². The summed E-state index contributed by atoms with van der Waals surface area (Å²) < 4.78 is 7.17. The molecule has 6 nitrogen and oxygen atoms in total. The Morgan fingerprint density at radius 1 is 1.48 bits per heavy atom. The lowest BCUT2D eigenvalue weighted by Crippen LogP contribution is -2.52. The smallest absolute Gasteiger partial charge is 0.244 e. The molecule has 21 heavy (non-hydrogen) atoms. The van der Waals surface area contributed by atoms with Crippen LogP contribution in [0.25, 0.3) is 10.9 Å². The summed E-state index contributed by atoms with van der Waals surface area (Å²) in [4.78, 5) is 14.3. The minimum atomic E-state index is -0.292. The Morgan fingerprint density at radius 3 is 3.10 bits per heavy atom. The number of nitrogens with zero attached hydrogens (tertiary/aromatic N) is 3. The van der Waals surface area contributed by atoms with Gasteiger partial charge in [-0.25, -0.2) is 0 Å². The third-order valence-electron chi connectivity index (χ3n) is 3.87. The highest BCUT2D eigenvalue weighted by Crippen LogP contribution is 2.15. The standard InChI is InChI=1S/C15H19N3O3/c1-11-10-21-13(9-19)7-17(11)15(20)8-18-14-5-3-2-4-12(14)6-16-18/h2-6,11,13,19H,7-10H2,1H3. The van der Waals surface area contributed by atoms with E-state index in [1.807, 2.05) is 31.2 Å². The molecule has 0 radical (unpaired) electrons. The largest absolute Gasteiger partial charge is 0.394 e. The average Bonchev–Trinajstić information content (AvgIpc) is 2.91. The number of aliphatic hydroxyl groups excluding tert-OH is 1. The zero-order valence-electron chi connectivity index (χ0n) is 12.0. The van der Waals surface area contributed by atoms with Crippen molar-refractivity contribution in [1.29, 1.82) is 0 Å². The maximum Gasteiger partial charge on any atom is 0.244 e. The van der Waals surface area contributed by atoms with E-state index in [1.165, 1.54) is 0 Å². The van der Waals surface area contributed by atoms with Gasteiger partial charge < -0.3 is 14.7 Å². The molecule has 1 fully saturated rings. The molecule has 0 bridgehead atoms. The Kier molecular flexibility index (Phi) is 3.90. The van der Waals surface area contributed by atoms with E-state index in [2.05, 4.69) is 5.10 Å². The first-order chi connectivity index (χ1) is 10.2. The van der Waals surface area contributed by atoms with E-state index in [9.17, 15) is 9.90 Å². The number of para-hydroxylation sites is 1. The SMILES string of the molecule is CC1COC(CO)CN1C(=O)Cn1ncc2ccccc21. The van der Waals surface area contributed by atoms with Gasteiger partial charge in [-0.05, 0) is 13.0 Å². The van der Waals surface area contributed by atoms with Crippen LogP contribution in [-0.4, -0.2) is 57.6 Å². The van der Waals surface area contributed by atoms with Gasteiger partial charge in [0.1, 0.15) is 6.54 Å². The molecule has 3 rings (SSSR count). The van der Waals surface area contributed by atoms with Gasteiger partial charge in [0.15, 0.2) is 0 Å². The van der Waals surface area contributed by atoms with Gasteiger partial charge in [-0.3, -0.25) is 9.48 Å². The summed E-state index contributed by atoms with van der Waals surface area (Å²) in [6.45, 7) is 2.97. The Balaban J connectivity index is 1.76. The fourth-order valence-corrected chi connectivity index (χ4v) is 2.65. The molecule has 1 N–H and O–H groups in total. The molecule has 0 aliphatic carbocycles. The van der Waals surface area contributed by atoms with E-state index >= 15 is 0 Å². The zero-order valence-corrected chi connectivity index (χ0v) is 12.0. The molecule has 1 saturated heterocycles. The maximum atomic E-state index is 12.5. The van der Waals surface area contributed by atoms with Crippen LogP contribution in [-0.2, 0) is 16.1 Å². The van der Waals surface area contributed by atoms with Crippen molar-refractivity contribution in [1.82, 2.24) is 14.7 Å². The highest BCUT2D eigenvalue weighted by Gasteiger charge is 2.29. The molecule has 0 spiro atoms. The third kappa shape index (κ3) is 2.77. The van der Waals surface area contributed by atoms with Crippen molar-refractivity contribution < 1.29 is 14.6 Å². The van der Waals surface area contributed by atoms with E-state index in [4.69, 9.17) is 4.74 Å². The van der Waals surface area contributed by atoms with Crippen LogP contribution in [0.1, 0.15) is 6.92 Å². The van der Waals surface area contributed by atoms with Gasteiger partial charge in [-0.1, -0.05) is 18.2 Å². The summed E-state index contributed by atoms with van der Waals surface area (Å²) >= 11 is 0. The summed E-state index contributed by atoms with van der Waals surface area (Å²) in [5.74, 6) is -0.00176. The second kappa shape index (κ2) is 5.83. The van der Waals surface area contributed by atoms with Gasteiger partial charge in [0.25, 0.3) is 0 Å². The van der Waals surface area contributed by atoms with Gasteiger partial charge in [0.05, 0.1) is 37.1 Å². The predicted molar refractivity (Wildman–Crippen MR) is 77.7 cm³/mol. The van der Waals surface area contributed by atoms with E-state index < -0.39 is 0 Å². The number of hydrogen-bond donors (Lipinski definition) is 1. The lowest BCUT2D eigenvalue weighted by atomic mass is 10.2. The molecule has 2 unspecified atom stereocenters. The number of ether oxygens (including phenoxy) is 1. The fourth-order valence-electron chi connectivity index (χ4n) is 2.65. The summed E-state index contributed by atoms with van der Waals surface area (Å²) in [5, 5.41) is 14.5. The lowest BCUT2D eigenvalue weighted by Gasteiger charge is -2.37. The second-order valence-electron chi connectivity index (χ2n) is 5.39. The van der Waals surface area contributed by atoms with Gasteiger partial charge in [0.2, 0.25) is 5.91 Å². The number of rotatable bonds is 3. The third-order valence-corrected chi connectivity index (χ3v) is 3.87. The first-order valence-corrected chi connectivity index (χ1v) is 7.11. The van der Waals surface area contributed by atoms with Crippen molar-refractivity contribution in [2.75, 3.05) is 19.8 Å². The highest BCUT2D eigenvalue weighted by atomic mass is 16.5. The van der Waals surface area contributed by atoms with Gasteiger partial charge in [-0.2, -0.15) is 5.10 Å². The predicted octanol–water partition coefficient (Wildman–Crippen LogP) is 0.644. The number of aromatic nitrogens is 2. The first kappa shape index (κ1) is 14.0. The van der Waals surface area contributed by atoms with Crippen LogP contribution in [0, 0.1) is 0 Å². The molecule has 1 amide bonds. The topological polar surface area (TPSA) is 67.6 Å². The number of carbonyl (C=O) groups is 1. The number of morpholine rings is 1. The van der Waals surface area contributed by atoms with Crippen LogP contribution in [0.4, 0.5) is 0 Å². The van der Waals surface area contributed by atoms with Crippen molar-refractivity contribution in [2.45, 2.75) is 25.6 Å². The first-order valence-electron chi connectivity index (χ1n) is 7.11. The Morgan fingerprint density at radius 2 is 2.29 bits per heavy atom. The summed E-state index contributed by atoms with van der Waals surface area (Å²) in [5.41, 5.74) is 0.950. The Hall–Kier alpha value is -1.92. The van der Waals surface area contributed by atoms with Crippen LogP contribution >= 0.6 is 0 Å². The van der Waals surface area contributed by atoms with E-state index in [-0.39, 0.29) is 31.2 Å². The van der Waals surface area contributed by atoms with Crippen LogP contribution in [0.15, 0.2) is 30.5 Å². The lowest BCUT2D eigenvalue weighted by molar-refractivity contribution is -0.146. The molecule has 2 aromatic rings. The van der Waals surface area contributed by atoms with Crippen molar-refractivity contribution in [3.63, 3.8) is 0 Å². The minimum absolute atomic E-state index is 0.00176. The van der Waals surface area contributed by atoms with Crippen LogP contribution < -0.4 is 0 Å². The summed E-state index contributed by atoms with van der Waals surface area (Å²) in [7, 11) is 0. The summed E-state index contributed by atoms with van der Waals surface area (Å²) in [6, 6.07) is 7.83.